The first kappa shape index (κ1) is 14.9. The number of amides is 2. The highest BCUT2D eigenvalue weighted by molar-refractivity contribution is 5.86. The standard InChI is InChI=1S/C12H19NO5/c14-9-5-3-1-2-4-6-10(15)13(18)11(16)7-8-12(13)17/h9,11,16H,1-8H2. The van der Waals surface area contributed by atoms with Crippen molar-refractivity contribution in [1.29, 1.82) is 0 Å². The van der Waals surface area contributed by atoms with Crippen molar-refractivity contribution in [3.05, 3.63) is 5.21 Å². The summed E-state index contributed by atoms with van der Waals surface area (Å²) in [6.07, 6.45) is 2.81. The molecule has 0 aromatic rings. The van der Waals surface area contributed by atoms with Crippen LogP contribution in [0.25, 0.3) is 0 Å². The molecule has 0 bridgehead atoms. The molecule has 102 valence electrons. The predicted octanol–water partition coefficient (Wildman–Crippen LogP) is 1.01. The van der Waals surface area contributed by atoms with E-state index in [1.54, 1.807) is 0 Å². The van der Waals surface area contributed by atoms with Gasteiger partial charge in [-0.3, -0.25) is 0 Å². The van der Waals surface area contributed by atoms with Crippen molar-refractivity contribution < 1.29 is 24.1 Å². The molecule has 1 fully saturated rings. The van der Waals surface area contributed by atoms with E-state index in [1.165, 1.54) is 0 Å². The average molecular weight is 257 g/mol. The highest BCUT2D eigenvalue weighted by atomic mass is 16.6. The fourth-order valence-electron chi connectivity index (χ4n) is 2.10. The number of hydrogen-bond donors (Lipinski definition) is 1. The van der Waals surface area contributed by atoms with Crippen LogP contribution in [0.2, 0.25) is 0 Å². The molecule has 0 aliphatic carbocycles. The number of hydrogen-bond acceptors (Lipinski definition) is 5. The lowest BCUT2D eigenvalue weighted by Crippen LogP contribution is -2.54. The van der Waals surface area contributed by atoms with Gasteiger partial charge in [0.2, 0.25) is 6.23 Å². The Balaban J connectivity index is 2.32. The number of imide groups is 1. The molecule has 1 N–H and O–H groups in total. The molecule has 2 unspecified atom stereocenters. The maximum absolute atomic E-state index is 12.0. The van der Waals surface area contributed by atoms with Crippen LogP contribution in [0.15, 0.2) is 0 Å². The number of carbonyl (C=O) groups is 3. The second-order valence-corrected chi connectivity index (χ2v) is 4.58. The van der Waals surface area contributed by atoms with E-state index in [4.69, 9.17) is 0 Å². The molecule has 1 aliphatic rings. The number of aliphatic hydroxyl groups excluding tert-OH is 1. The maximum atomic E-state index is 12.0. The maximum Gasteiger partial charge on any atom is 0.323 e. The zero-order valence-corrected chi connectivity index (χ0v) is 10.3. The number of rotatable bonds is 7. The molecular formula is C12H19NO5. The molecule has 0 saturated carbocycles. The van der Waals surface area contributed by atoms with Crippen LogP contribution in [0.3, 0.4) is 0 Å². The van der Waals surface area contributed by atoms with Gasteiger partial charge in [-0.05, 0) is 12.8 Å². The Morgan fingerprint density at radius 3 is 2.61 bits per heavy atom. The van der Waals surface area contributed by atoms with Crippen LogP contribution in [0.5, 0.6) is 0 Å². The number of likely N-dealkylation sites (tertiary alicyclic amines) is 1. The van der Waals surface area contributed by atoms with Gasteiger partial charge in [0.25, 0.3) is 0 Å². The minimum atomic E-state index is -1.70. The summed E-state index contributed by atoms with van der Waals surface area (Å²) in [7, 11) is 0. The first-order chi connectivity index (χ1) is 8.53. The third-order valence-corrected chi connectivity index (χ3v) is 3.24. The van der Waals surface area contributed by atoms with Crippen LogP contribution in [-0.4, -0.2) is 34.1 Å². The Morgan fingerprint density at radius 2 is 2.06 bits per heavy atom. The Kier molecular flexibility index (Phi) is 5.58. The van der Waals surface area contributed by atoms with Crippen molar-refractivity contribution in [2.24, 2.45) is 0 Å². The molecule has 1 aliphatic heterocycles. The Morgan fingerprint density at radius 1 is 1.39 bits per heavy atom. The summed E-state index contributed by atoms with van der Waals surface area (Å²) >= 11 is 0. The van der Waals surface area contributed by atoms with Crippen molar-refractivity contribution >= 4 is 18.1 Å². The van der Waals surface area contributed by atoms with Gasteiger partial charge in [-0.15, -0.1) is 0 Å². The molecule has 1 rings (SSSR count). The number of hydroxylamine groups is 3. The summed E-state index contributed by atoms with van der Waals surface area (Å²) < 4.78 is -1.70. The lowest BCUT2D eigenvalue weighted by atomic mass is 10.1. The Hall–Kier alpha value is -1.11. The number of quaternary nitrogens is 1. The minimum absolute atomic E-state index is 0.00733. The summed E-state index contributed by atoms with van der Waals surface area (Å²) in [6, 6.07) is 0. The smallest absolute Gasteiger partial charge is 0.323 e. The van der Waals surface area contributed by atoms with Crippen LogP contribution in [0, 0.1) is 5.21 Å². The molecular weight excluding hydrogens is 238 g/mol. The molecule has 2 amide bonds. The fourth-order valence-corrected chi connectivity index (χ4v) is 2.10. The van der Waals surface area contributed by atoms with Gasteiger partial charge in [0, 0.05) is 12.8 Å². The minimum Gasteiger partial charge on any atom is -0.616 e. The monoisotopic (exact) mass is 257 g/mol. The van der Waals surface area contributed by atoms with Gasteiger partial charge < -0.3 is 15.1 Å². The van der Waals surface area contributed by atoms with Crippen LogP contribution in [0.4, 0.5) is 0 Å². The first-order valence-electron chi connectivity index (χ1n) is 6.31. The van der Waals surface area contributed by atoms with Crippen molar-refractivity contribution in [2.75, 3.05) is 0 Å². The van der Waals surface area contributed by atoms with Gasteiger partial charge in [-0.1, -0.05) is 12.8 Å². The summed E-state index contributed by atoms with van der Waals surface area (Å²) in [6.45, 7) is 0. The number of carbonyl (C=O) groups excluding carboxylic acids is 3. The quantitative estimate of drug-likeness (QED) is 0.318. The molecule has 0 aromatic carbocycles. The van der Waals surface area contributed by atoms with Gasteiger partial charge in [-0.2, -0.15) is 0 Å². The summed E-state index contributed by atoms with van der Waals surface area (Å²) in [4.78, 5) is 33.1. The largest absolute Gasteiger partial charge is 0.616 e. The van der Waals surface area contributed by atoms with Gasteiger partial charge in [0.15, 0.2) is 0 Å². The van der Waals surface area contributed by atoms with Crippen molar-refractivity contribution in [3.63, 3.8) is 0 Å². The number of aldehydes is 1. The van der Waals surface area contributed by atoms with E-state index in [2.05, 4.69) is 0 Å². The summed E-state index contributed by atoms with van der Waals surface area (Å²) in [5.41, 5.74) is 0. The first-order valence-corrected chi connectivity index (χ1v) is 6.31. The highest BCUT2D eigenvalue weighted by Gasteiger charge is 2.47. The third-order valence-electron chi connectivity index (χ3n) is 3.24. The van der Waals surface area contributed by atoms with E-state index in [9.17, 15) is 24.7 Å². The van der Waals surface area contributed by atoms with Gasteiger partial charge in [0.05, 0.1) is 12.8 Å². The van der Waals surface area contributed by atoms with E-state index in [-0.39, 0.29) is 19.3 Å². The van der Waals surface area contributed by atoms with Gasteiger partial charge in [-0.25, -0.2) is 14.2 Å². The Bertz CT molecular complexity index is 330. The van der Waals surface area contributed by atoms with E-state index in [0.29, 0.717) is 12.8 Å². The molecule has 0 radical (unpaired) electrons. The molecule has 6 heteroatoms. The number of unbranched alkanes of at least 4 members (excludes halogenated alkanes) is 4. The van der Waals surface area contributed by atoms with Gasteiger partial charge in [0.1, 0.15) is 6.29 Å². The number of nitrogens with zero attached hydrogens (tertiary/aromatic N) is 1. The topological polar surface area (TPSA) is 94.5 Å². The average Bonchev–Trinajstić information content (AvgIpc) is 2.62. The molecule has 2 atom stereocenters. The molecule has 1 heterocycles. The molecule has 0 spiro atoms. The molecule has 6 nitrogen and oxygen atoms in total. The zero-order chi connectivity index (χ0) is 13.6. The second kappa shape index (κ2) is 6.72. The molecule has 0 aromatic heterocycles. The Labute approximate surface area is 106 Å². The summed E-state index contributed by atoms with van der Waals surface area (Å²) in [5, 5.41) is 21.4. The van der Waals surface area contributed by atoms with E-state index in [1.807, 2.05) is 0 Å². The zero-order valence-electron chi connectivity index (χ0n) is 10.3. The molecule has 18 heavy (non-hydrogen) atoms. The van der Waals surface area contributed by atoms with Crippen LogP contribution >= 0.6 is 0 Å². The van der Waals surface area contributed by atoms with Gasteiger partial charge >= 0.3 is 11.8 Å². The lowest BCUT2D eigenvalue weighted by molar-refractivity contribution is -0.774. The highest BCUT2D eigenvalue weighted by Crippen LogP contribution is 2.27. The summed E-state index contributed by atoms with van der Waals surface area (Å²) in [5.74, 6) is -1.49. The van der Waals surface area contributed by atoms with E-state index in [0.717, 1.165) is 25.5 Å². The SMILES string of the molecule is O=CCCCCCCC(=O)[N+]1([O-])C(=O)CCC1O. The van der Waals surface area contributed by atoms with Crippen LogP contribution < -0.4 is 0 Å². The fraction of sp³-hybridized carbons (Fsp3) is 0.750. The van der Waals surface area contributed by atoms with Crippen LogP contribution in [-0.2, 0) is 14.4 Å². The predicted molar refractivity (Wildman–Crippen MR) is 62.6 cm³/mol. The number of aliphatic hydroxyl groups is 1. The van der Waals surface area contributed by atoms with Crippen molar-refractivity contribution in [1.82, 2.24) is 0 Å². The van der Waals surface area contributed by atoms with Crippen molar-refractivity contribution in [3.8, 4) is 0 Å². The lowest BCUT2D eigenvalue weighted by Gasteiger charge is -2.35. The van der Waals surface area contributed by atoms with E-state index >= 15 is 0 Å². The molecule has 1 saturated heterocycles. The van der Waals surface area contributed by atoms with Crippen LogP contribution in [0.1, 0.15) is 51.4 Å². The second-order valence-electron chi connectivity index (χ2n) is 4.58. The normalized spacial score (nSPS) is 27.4. The third kappa shape index (κ3) is 3.22. The van der Waals surface area contributed by atoms with E-state index < -0.39 is 22.7 Å². The van der Waals surface area contributed by atoms with Crippen molar-refractivity contribution in [2.45, 2.75) is 57.6 Å².